The topological polar surface area (TPSA) is 138 Å². The van der Waals surface area contributed by atoms with Gasteiger partial charge in [0.05, 0.1) is 23.3 Å². The summed E-state index contributed by atoms with van der Waals surface area (Å²) in [6.07, 6.45) is 6.24. The molecule has 14 heteroatoms. The van der Waals surface area contributed by atoms with Crippen LogP contribution in [0.4, 0.5) is 14.5 Å². The number of thiazole rings is 1. The highest BCUT2D eigenvalue weighted by Crippen LogP contribution is 2.39. The van der Waals surface area contributed by atoms with Gasteiger partial charge < -0.3 is 14.4 Å². The van der Waals surface area contributed by atoms with Crippen molar-refractivity contribution in [1.29, 1.82) is 0 Å². The first-order valence-electron chi connectivity index (χ1n) is 12.9. The van der Waals surface area contributed by atoms with Crippen molar-refractivity contribution in [2.45, 2.75) is 25.7 Å². The van der Waals surface area contributed by atoms with Crippen molar-refractivity contribution in [3.63, 3.8) is 0 Å². The van der Waals surface area contributed by atoms with Crippen molar-refractivity contribution in [1.82, 2.24) is 24.5 Å². The predicted molar refractivity (Wildman–Crippen MR) is 152 cm³/mol. The molecule has 10 nitrogen and oxygen atoms in total. The number of nitrogens with one attached hydrogen (secondary N) is 1. The maximum absolute atomic E-state index is 15.1. The van der Waals surface area contributed by atoms with Gasteiger partial charge in [-0.15, -0.1) is 11.3 Å². The molecule has 6 rings (SSSR count). The fraction of sp³-hybridized carbons (Fsp3) is 0.214. The van der Waals surface area contributed by atoms with E-state index in [-0.39, 0.29) is 17.8 Å². The van der Waals surface area contributed by atoms with Crippen molar-refractivity contribution in [3.8, 4) is 27.5 Å². The van der Waals surface area contributed by atoms with E-state index in [9.17, 15) is 23.1 Å². The molecule has 0 aliphatic heterocycles. The van der Waals surface area contributed by atoms with Crippen molar-refractivity contribution in [3.05, 3.63) is 88.3 Å². The van der Waals surface area contributed by atoms with E-state index < -0.39 is 28.9 Å². The van der Waals surface area contributed by atoms with Gasteiger partial charge in [-0.05, 0) is 61.1 Å². The van der Waals surface area contributed by atoms with Crippen molar-refractivity contribution >= 4 is 34.3 Å². The largest absolute Gasteiger partial charge is 0.755 e. The minimum absolute atomic E-state index is 0.127. The number of aromatic nitrogens is 5. The first kappa shape index (κ1) is 27.9. The van der Waals surface area contributed by atoms with E-state index in [1.165, 1.54) is 23.6 Å². The molecule has 216 valence electrons. The van der Waals surface area contributed by atoms with Crippen LogP contribution in [0, 0.1) is 17.6 Å². The van der Waals surface area contributed by atoms with Crippen LogP contribution >= 0.6 is 11.3 Å². The molecule has 0 radical (unpaired) electrons. The molecule has 1 atom stereocenters. The van der Waals surface area contributed by atoms with Gasteiger partial charge in [0.25, 0.3) is 0 Å². The Bertz CT molecular complexity index is 1850. The van der Waals surface area contributed by atoms with E-state index in [4.69, 9.17) is 5.10 Å². The summed E-state index contributed by atoms with van der Waals surface area (Å²) < 4.78 is 57.1. The van der Waals surface area contributed by atoms with Crippen LogP contribution in [0.3, 0.4) is 0 Å². The molecule has 1 aliphatic rings. The van der Waals surface area contributed by atoms with Crippen molar-refractivity contribution in [2.24, 2.45) is 13.0 Å². The predicted octanol–water partition coefficient (Wildman–Crippen LogP) is 5.12. The Kier molecular flexibility index (Phi) is 7.43. The zero-order valence-electron chi connectivity index (χ0n) is 22.1. The molecule has 0 saturated heterocycles. The van der Waals surface area contributed by atoms with Gasteiger partial charge >= 0.3 is 5.97 Å². The van der Waals surface area contributed by atoms with E-state index in [1.54, 1.807) is 47.0 Å². The lowest BCUT2D eigenvalue weighted by Gasteiger charge is -2.13. The normalized spacial score (nSPS) is 13.8. The van der Waals surface area contributed by atoms with Crippen LogP contribution in [0.1, 0.15) is 40.2 Å². The number of anilines is 1. The minimum atomic E-state index is -2.68. The van der Waals surface area contributed by atoms with Gasteiger partial charge in [-0.1, -0.05) is 6.07 Å². The molecular weight excluding hydrogens is 586 g/mol. The number of hydrogen-bond donors (Lipinski definition) is 2. The van der Waals surface area contributed by atoms with E-state index in [0.29, 0.717) is 45.4 Å². The highest BCUT2D eigenvalue weighted by molar-refractivity contribution is 7.80. The molecule has 2 aromatic carbocycles. The molecule has 1 saturated carbocycles. The lowest BCUT2D eigenvalue weighted by molar-refractivity contribution is 0.0691. The van der Waals surface area contributed by atoms with Crippen LogP contribution in [-0.4, -0.2) is 44.4 Å². The highest BCUT2D eigenvalue weighted by Gasteiger charge is 2.29. The van der Waals surface area contributed by atoms with E-state index >= 15 is 4.39 Å². The molecule has 5 aromatic rings. The molecule has 1 fully saturated rings. The standard InChI is InChI=1S/C28H24F2N6O4S2/c1-35-13-18(12-31-35)19-11-17(5-6-21(19)29)26-20(8-16-4-7-23(22(30)9-16)34-42(39)40)24(10-15-2-3-15)33-36(26)28-32-25(14-41-28)27(37)38/h4-7,9,11-15,34H,2-3,8,10H2,1H3,(H,37,38)(H,39,40)/p-1. The highest BCUT2D eigenvalue weighted by atomic mass is 32.2. The third-order valence-corrected chi connectivity index (χ3v) is 8.20. The average molecular weight is 610 g/mol. The number of rotatable bonds is 10. The van der Waals surface area contributed by atoms with Gasteiger partial charge in [0, 0.05) is 58.6 Å². The number of halogens is 2. The lowest BCUT2D eigenvalue weighted by Crippen LogP contribution is -2.05. The van der Waals surface area contributed by atoms with Crippen molar-refractivity contribution < 1.29 is 27.4 Å². The summed E-state index contributed by atoms with van der Waals surface area (Å²) >= 11 is -1.56. The summed E-state index contributed by atoms with van der Waals surface area (Å²) in [6, 6.07) is 8.90. The van der Waals surface area contributed by atoms with Crippen LogP contribution in [0.25, 0.3) is 27.5 Å². The summed E-state index contributed by atoms with van der Waals surface area (Å²) in [5, 5.41) is 20.3. The fourth-order valence-corrected chi connectivity index (χ4v) is 5.93. The molecule has 42 heavy (non-hydrogen) atoms. The third kappa shape index (κ3) is 5.73. The number of aromatic carboxylic acids is 1. The summed E-state index contributed by atoms with van der Waals surface area (Å²) in [7, 11) is 1.74. The quantitative estimate of drug-likeness (QED) is 0.210. The van der Waals surface area contributed by atoms with Gasteiger partial charge in [0.15, 0.2) is 5.69 Å². The molecule has 0 bridgehead atoms. The third-order valence-electron chi connectivity index (χ3n) is 7.00. The average Bonchev–Trinajstić information content (AvgIpc) is 3.29. The molecule has 2 N–H and O–H groups in total. The Morgan fingerprint density at radius 2 is 2.00 bits per heavy atom. The molecular formula is C28H23F2N6O4S2-. The number of nitrogens with zero attached hydrogens (tertiary/aromatic N) is 5. The SMILES string of the molecule is Cn1cc(-c2cc(-c3c(Cc4ccc(NS(=O)[O-])c(F)c4)c(CC4CC4)nn3-c3nc(C(=O)O)cs3)ccc2F)cn1. The Morgan fingerprint density at radius 3 is 2.64 bits per heavy atom. The van der Waals surface area contributed by atoms with E-state index in [0.717, 1.165) is 35.4 Å². The summed E-state index contributed by atoms with van der Waals surface area (Å²) in [6.45, 7) is 0. The molecule has 0 amide bonds. The van der Waals surface area contributed by atoms with Gasteiger partial charge in [0.1, 0.15) is 11.6 Å². The number of hydrogen-bond acceptors (Lipinski definition) is 7. The second kappa shape index (κ2) is 11.2. The number of carboxylic acids is 1. The maximum atomic E-state index is 15.1. The molecule has 3 heterocycles. The molecule has 3 aromatic heterocycles. The van der Waals surface area contributed by atoms with Crippen LogP contribution in [0.15, 0.2) is 54.2 Å². The van der Waals surface area contributed by atoms with E-state index in [1.807, 2.05) is 4.72 Å². The summed E-state index contributed by atoms with van der Waals surface area (Å²) in [5.74, 6) is -1.92. The summed E-state index contributed by atoms with van der Waals surface area (Å²) in [5.41, 5.74) is 3.83. The zero-order chi connectivity index (χ0) is 29.5. The fourth-order valence-electron chi connectivity index (χ4n) is 4.83. The maximum Gasteiger partial charge on any atom is 0.355 e. The van der Waals surface area contributed by atoms with Crippen LogP contribution in [0.2, 0.25) is 0 Å². The smallest absolute Gasteiger partial charge is 0.355 e. The number of carboxylic acid groups (broad SMARTS) is 1. The number of benzene rings is 2. The van der Waals surface area contributed by atoms with Crippen LogP contribution < -0.4 is 4.72 Å². The molecule has 0 spiro atoms. The van der Waals surface area contributed by atoms with Gasteiger partial charge in [-0.3, -0.25) is 8.89 Å². The molecule has 1 unspecified atom stereocenters. The lowest BCUT2D eigenvalue weighted by atomic mass is 9.95. The van der Waals surface area contributed by atoms with Crippen molar-refractivity contribution in [2.75, 3.05) is 4.72 Å². The van der Waals surface area contributed by atoms with Gasteiger partial charge in [-0.2, -0.15) is 10.2 Å². The summed E-state index contributed by atoms with van der Waals surface area (Å²) in [4.78, 5) is 15.9. The zero-order valence-corrected chi connectivity index (χ0v) is 23.7. The van der Waals surface area contributed by atoms with Gasteiger partial charge in [-0.25, -0.2) is 23.2 Å². The minimum Gasteiger partial charge on any atom is -0.755 e. The Labute approximate surface area is 245 Å². The number of aryl methyl sites for hydroxylation is 1. The first-order chi connectivity index (χ1) is 20.2. The number of carbonyl (C=O) groups is 1. The monoisotopic (exact) mass is 609 g/mol. The molecule has 1 aliphatic carbocycles. The van der Waals surface area contributed by atoms with Crippen LogP contribution in [-0.2, 0) is 31.2 Å². The Hall–Kier alpha value is -4.27. The Morgan fingerprint density at radius 1 is 1.19 bits per heavy atom. The van der Waals surface area contributed by atoms with Crippen LogP contribution in [0.5, 0.6) is 0 Å². The first-order valence-corrected chi connectivity index (χ1v) is 14.8. The van der Waals surface area contributed by atoms with Gasteiger partial charge in [0.2, 0.25) is 5.13 Å². The second-order valence-corrected chi connectivity index (χ2v) is 11.6. The second-order valence-electron chi connectivity index (χ2n) is 10.1. The van der Waals surface area contributed by atoms with E-state index in [2.05, 4.69) is 10.1 Å². The Balaban J connectivity index is 1.53.